The number of aromatic nitrogens is 4. The molecule has 1 aliphatic heterocycles. The Balaban J connectivity index is 1.80. The first-order chi connectivity index (χ1) is 8.43. The Hall–Kier alpha value is -1.75. The van der Waals surface area contributed by atoms with E-state index < -0.39 is 0 Å². The van der Waals surface area contributed by atoms with Crippen LogP contribution in [0.3, 0.4) is 0 Å². The fourth-order valence-electron chi connectivity index (χ4n) is 2.28. The first-order valence-electron chi connectivity index (χ1n) is 6.00. The molecule has 0 bridgehead atoms. The van der Waals surface area contributed by atoms with E-state index in [-0.39, 0.29) is 0 Å². The van der Waals surface area contributed by atoms with Gasteiger partial charge in [0.15, 0.2) is 0 Å². The molecule has 1 aliphatic rings. The molecule has 0 radical (unpaired) electrons. The van der Waals surface area contributed by atoms with Crippen molar-refractivity contribution in [2.45, 2.75) is 25.3 Å². The lowest BCUT2D eigenvalue weighted by Gasteiger charge is -2.23. The summed E-state index contributed by atoms with van der Waals surface area (Å²) >= 11 is 0. The molecule has 2 N–H and O–H groups in total. The maximum absolute atomic E-state index is 3.97. The average Bonchev–Trinajstić information content (AvgIpc) is 2.94. The van der Waals surface area contributed by atoms with Crippen LogP contribution < -0.4 is 5.32 Å². The normalized spacial score (nSPS) is 20.4. The number of tetrazole rings is 1. The van der Waals surface area contributed by atoms with Crippen molar-refractivity contribution < 1.29 is 0 Å². The van der Waals surface area contributed by atoms with Crippen molar-refractivity contribution in [3.05, 3.63) is 29.8 Å². The van der Waals surface area contributed by atoms with E-state index >= 15 is 0 Å². The van der Waals surface area contributed by atoms with E-state index in [2.05, 4.69) is 50.2 Å². The number of piperidine rings is 1. The minimum absolute atomic E-state index is 0.503. The predicted octanol–water partition coefficient (Wildman–Crippen LogP) is 1.68. The molecule has 3 rings (SSSR count). The Labute approximate surface area is 99.6 Å². The maximum Gasteiger partial charge on any atom is 0.204 e. The molecule has 0 saturated carbocycles. The van der Waals surface area contributed by atoms with Gasteiger partial charge in [-0.05, 0) is 30.2 Å². The van der Waals surface area contributed by atoms with E-state index in [4.69, 9.17) is 0 Å². The molecule has 88 valence electrons. The van der Waals surface area contributed by atoms with Gasteiger partial charge in [-0.25, -0.2) is 0 Å². The number of hydrogen-bond donors (Lipinski definition) is 2. The highest BCUT2D eigenvalue weighted by Gasteiger charge is 2.14. The summed E-state index contributed by atoms with van der Waals surface area (Å²) < 4.78 is 0. The second kappa shape index (κ2) is 4.63. The highest BCUT2D eigenvalue weighted by Crippen LogP contribution is 2.24. The molecule has 5 nitrogen and oxygen atoms in total. The summed E-state index contributed by atoms with van der Waals surface area (Å²) in [6.07, 6.45) is 3.82. The molecule has 1 atom stereocenters. The number of benzene rings is 1. The summed E-state index contributed by atoms with van der Waals surface area (Å²) in [7, 11) is 0. The Morgan fingerprint density at radius 3 is 2.65 bits per heavy atom. The van der Waals surface area contributed by atoms with Gasteiger partial charge in [0.2, 0.25) is 5.82 Å². The lowest BCUT2D eigenvalue weighted by Crippen LogP contribution is -2.26. The molecule has 2 heterocycles. The van der Waals surface area contributed by atoms with Crippen molar-refractivity contribution in [2.75, 3.05) is 6.54 Å². The molecule has 1 aromatic carbocycles. The zero-order valence-electron chi connectivity index (χ0n) is 9.56. The number of H-pyrrole nitrogens is 1. The van der Waals surface area contributed by atoms with Crippen LogP contribution in [0.15, 0.2) is 24.3 Å². The van der Waals surface area contributed by atoms with Crippen molar-refractivity contribution >= 4 is 0 Å². The van der Waals surface area contributed by atoms with E-state index in [9.17, 15) is 0 Å². The zero-order valence-corrected chi connectivity index (χ0v) is 9.56. The van der Waals surface area contributed by atoms with Gasteiger partial charge in [0.25, 0.3) is 0 Å². The number of nitrogens with zero attached hydrogens (tertiary/aromatic N) is 3. The molecule has 0 amide bonds. The minimum Gasteiger partial charge on any atom is -0.310 e. The number of nitrogens with one attached hydrogen (secondary N) is 2. The average molecular weight is 229 g/mol. The molecule has 0 aliphatic carbocycles. The highest BCUT2D eigenvalue weighted by atomic mass is 15.5. The maximum atomic E-state index is 3.97. The van der Waals surface area contributed by atoms with Crippen molar-refractivity contribution in [3.8, 4) is 11.4 Å². The van der Waals surface area contributed by atoms with Crippen LogP contribution in [0.25, 0.3) is 11.4 Å². The number of hydrogen-bond acceptors (Lipinski definition) is 4. The van der Waals surface area contributed by atoms with Crippen LogP contribution in [-0.2, 0) is 0 Å². The molecule has 2 aromatic rings. The van der Waals surface area contributed by atoms with E-state index in [1.807, 2.05) is 0 Å². The Kier molecular flexibility index (Phi) is 2.83. The van der Waals surface area contributed by atoms with Crippen molar-refractivity contribution in [3.63, 3.8) is 0 Å². The van der Waals surface area contributed by atoms with Crippen LogP contribution in [0, 0.1) is 0 Å². The summed E-state index contributed by atoms with van der Waals surface area (Å²) in [4.78, 5) is 0. The Morgan fingerprint density at radius 1 is 1.12 bits per heavy atom. The molecule has 1 unspecified atom stereocenters. The van der Waals surface area contributed by atoms with Gasteiger partial charge in [-0.3, -0.25) is 0 Å². The third-order valence-electron chi connectivity index (χ3n) is 3.23. The van der Waals surface area contributed by atoms with Gasteiger partial charge in [-0.1, -0.05) is 30.7 Å². The molecule has 1 fully saturated rings. The standard InChI is InChI=1S/C12H15N5/c1-2-8-13-11(3-1)9-4-6-10(7-5-9)12-14-16-17-15-12/h4-7,11,13H,1-3,8H2,(H,14,15,16,17). The predicted molar refractivity (Wildman–Crippen MR) is 64.2 cm³/mol. The third kappa shape index (κ3) is 2.19. The molecule has 5 heteroatoms. The second-order valence-corrected chi connectivity index (χ2v) is 4.36. The molecule has 1 aromatic heterocycles. The summed E-state index contributed by atoms with van der Waals surface area (Å²) in [5.41, 5.74) is 2.34. The number of rotatable bonds is 2. The second-order valence-electron chi connectivity index (χ2n) is 4.36. The summed E-state index contributed by atoms with van der Waals surface area (Å²) in [5, 5.41) is 17.5. The van der Waals surface area contributed by atoms with Crippen LogP contribution in [-0.4, -0.2) is 27.2 Å². The number of aromatic amines is 1. The topological polar surface area (TPSA) is 66.5 Å². The van der Waals surface area contributed by atoms with Gasteiger partial charge >= 0.3 is 0 Å². The van der Waals surface area contributed by atoms with Gasteiger partial charge in [0, 0.05) is 11.6 Å². The fourth-order valence-corrected chi connectivity index (χ4v) is 2.28. The molecule has 1 saturated heterocycles. The van der Waals surface area contributed by atoms with Crippen LogP contribution >= 0.6 is 0 Å². The van der Waals surface area contributed by atoms with Crippen LogP contribution in [0.1, 0.15) is 30.9 Å². The van der Waals surface area contributed by atoms with Crippen molar-refractivity contribution in [1.29, 1.82) is 0 Å². The van der Waals surface area contributed by atoms with Crippen molar-refractivity contribution in [1.82, 2.24) is 25.9 Å². The summed E-state index contributed by atoms with van der Waals surface area (Å²) in [6.45, 7) is 1.12. The summed E-state index contributed by atoms with van der Waals surface area (Å²) in [5.74, 6) is 0.646. The third-order valence-corrected chi connectivity index (χ3v) is 3.23. The SMILES string of the molecule is c1cc(C2CCCCN2)ccc1-c1nn[nH]n1. The first kappa shape index (κ1) is 10.4. The molecule has 17 heavy (non-hydrogen) atoms. The monoisotopic (exact) mass is 229 g/mol. The van der Waals surface area contributed by atoms with Gasteiger partial charge in [-0.15, -0.1) is 10.2 Å². The van der Waals surface area contributed by atoms with E-state index in [0.29, 0.717) is 11.9 Å². The van der Waals surface area contributed by atoms with Gasteiger partial charge in [0.05, 0.1) is 0 Å². The van der Waals surface area contributed by atoms with Gasteiger partial charge in [-0.2, -0.15) is 5.21 Å². The van der Waals surface area contributed by atoms with Crippen LogP contribution in [0.2, 0.25) is 0 Å². The lowest BCUT2D eigenvalue weighted by atomic mass is 9.97. The van der Waals surface area contributed by atoms with E-state index in [1.165, 1.54) is 24.8 Å². The van der Waals surface area contributed by atoms with Gasteiger partial charge < -0.3 is 5.32 Å². The Morgan fingerprint density at radius 2 is 2.00 bits per heavy atom. The van der Waals surface area contributed by atoms with Crippen LogP contribution in [0.5, 0.6) is 0 Å². The smallest absolute Gasteiger partial charge is 0.204 e. The largest absolute Gasteiger partial charge is 0.310 e. The van der Waals surface area contributed by atoms with Gasteiger partial charge in [0.1, 0.15) is 0 Å². The van der Waals surface area contributed by atoms with E-state index in [1.54, 1.807) is 0 Å². The molecule has 0 spiro atoms. The molecular formula is C12H15N5. The first-order valence-corrected chi connectivity index (χ1v) is 6.00. The zero-order chi connectivity index (χ0) is 11.5. The quantitative estimate of drug-likeness (QED) is 0.822. The Bertz CT molecular complexity index is 456. The lowest BCUT2D eigenvalue weighted by molar-refractivity contribution is 0.412. The van der Waals surface area contributed by atoms with Crippen molar-refractivity contribution in [2.24, 2.45) is 0 Å². The fraction of sp³-hybridized carbons (Fsp3) is 0.417. The van der Waals surface area contributed by atoms with E-state index in [0.717, 1.165) is 12.1 Å². The minimum atomic E-state index is 0.503. The summed E-state index contributed by atoms with van der Waals surface area (Å²) in [6, 6.07) is 8.90. The molecular weight excluding hydrogens is 214 g/mol. The highest BCUT2D eigenvalue weighted by molar-refractivity contribution is 5.54. The van der Waals surface area contributed by atoms with Crippen LogP contribution in [0.4, 0.5) is 0 Å².